The Morgan fingerprint density at radius 2 is 2.00 bits per heavy atom. The van der Waals surface area contributed by atoms with Gasteiger partial charge in [0.2, 0.25) is 17.6 Å². The summed E-state index contributed by atoms with van der Waals surface area (Å²) >= 11 is 1.55. The lowest BCUT2D eigenvalue weighted by molar-refractivity contribution is -0.121. The summed E-state index contributed by atoms with van der Waals surface area (Å²) in [5.41, 5.74) is 1.03. The van der Waals surface area contributed by atoms with Gasteiger partial charge >= 0.3 is 0 Å². The minimum Gasteiger partial charge on any atom is -0.491 e. The second-order valence-corrected chi connectivity index (χ2v) is 7.46. The smallest absolute Gasteiger partial charge is 0.227 e. The number of benzene rings is 1. The first kappa shape index (κ1) is 19.1. The van der Waals surface area contributed by atoms with Crippen LogP contribution in [0.5, 0.6) is 5.75 Å². The van der Waals surface area contributed by atoms with Gasteiger partial charge in [-0.2, -0.15) is 4.98 Å². The summed E-state index contributed by atoms with van der Waals surface area (Å²) in [6, 6.07) is 11.6. The Morgan fingerprint density at radius 3 is 2.67 bits per heavy atom. The van der Waals surface area contributed by atoms with E-state index < -0.39 is 0 Å². The fourth-order valence-corrected chi connectivity index (χ4v) is 3.24. The predicted octanol–water partition coefficient (Wildman–Crippen LogP) is 4.40. The minimum absolute atomic E-state index is 0.0547. The second-order valence-electron chi connectivity index (χ2n) is 6.51. The van der Waals surface area contributed by atoms with Crippen LogP contribution in [0.2, 0.25) is 0 Å². The summed E-state index contributed by atoms with van der Waals surface area (Å²) in [5.74, 6) is 1.81. The third-order valence-corrected chi connectivity index (χ3v) is 4.77. The van der Waals surface area contributed by atoms with Crippen LogP contribution in [0.4, 0.5) is 0 Å². The van der Waals surface area contributed by atoms with Crippen molar-refractivity contribution in [1.29, 1.82) is 0 Å². The zero-order chi connectivity index (χ0) is 19.2. The lowest BCUT2D eigenvalue weighted by atomic mass is 10.1. The molecule has 0 aliphatic rings. The van der Waals surface area contributed by atoms with E-state index in [0.717, 1.165) is 16.2 Å². The molecule has 0 fully saturated rings. The van der Waals surface area contributed by atoms with Crippen LogP contribution in [0.1, 0.15) is 44.7 Å². The Kier molecular flexibility index (Phi) is 6.24. The highest BCUT2D eigenvalue weighted by Gasteiger charge is 2.13. The highest BCUT2D eigenvalue weighted by Crippen LogP contribution is 2.22. The van der Waals surface area contributed by atoms with Crippen molar-refractivity contribution in [2.24, 2.45) is 0 Å². The van der Waals surface area contributed by atoms with Gasteiger partial charge in [0.1, 0.15) is 5.75 Å². The number of hydrogen-bond donors (Lipinski definition) is 1. The van der Waals surface area contributed by atoms with E-state index in [4.69, 9.17) is 9.26 Å². The molecule has 3 aromatic rings. The number of aryl methyl sites for hydroxylation is 1. The van der Waals surface area contributed by atoms with Crippen molar-refractivity contribution in [1.82, 2.24) is 15.5 Å². The molecule has 0 radical (unpaired) electrons. The van der Waals surface area contributed by atoms with Gasteiger partial charge in [-0.3, -0.25) is 4.79 Å². The predicted molar refractivity (Wildman–Crippen MR) is 105 cm³/mol. The Hall–Kier alpha value is -2.67. The van der Waals surface area contributed by atoms with E-state index in [1.165, 1.54) is 0 Å². The third-order valence-electron chi connectivity index (χ3n) is 3.90. The molecule has 142 valence electrons. The molecule has 27 heavy (non-hydrogen) atoms. The zero-order valence-corrected chi connectivity index (χ0v) is 16.5. The molecule has 1 atom stereocenters. The topological polar surface area (TPSA) is 77.2 Å². The van der Waals surface area contributed by atoms with Crippen molar-refractivity contribution >= 4 is 17.2 Å². The Labute approximate surface area is 162 Å². The van der Waals surface area contributed by atoms with Crippen LogP contribution >= 0.6 is 11.3 Å². The fraction of sp³-hybridized carbons (Fsp3) is 0.350. The van der Waals surface area contributed by atoms with Gasteiger partial charge in [0.15, 0.2) is 0 Å². The molecular weight excluding hydrogens is 362 g/mol. The first-order chi connectivity index (χ1) is 13.0. The summed E-state index contributed by atoms with van der Waals surface area (Å²) in [6.45, 7) is 5.94. The fourth-order valence-electron chi connectivity index (χ4n) is 2.59. The second kappa shape index (κ2) is 8.81. The molecule has 0 aliphatic heterocycles. The number of hydrogen-bond acceptors (Lipinski definition) is 6. The lowest BCUT2D eigenvalue weighted by Gasteiger charge is -2.15. The zero-order valence-electron chi connectivity index (χ0n) is 15.6. The van der Waals surface area contributed by atoms with E-state index in [1.807, 2.05) is 62.5 Å². The standard InChI is InChI=1S/C20H23N3O3S/c1-13(2)25-16-8-6-15(7-9-16)14(3)21-18(24)10-11-19-22-20(23-26-19)17-5-4-12-27-17/h4-9,12-14H,10-11H2,1-3H3,(H,21,24). The van der Waals surface area contributed by atoms with Gasteiger partial charge in [-0.15, -0.1) is 11.3 Å². The molecule has 0 spiro atoms. The van der Waals surface area contributed by atoms with Crippen molar-refractivity contribution in [3.05, 3.63) is 53.2 Å². The maximum atomic E-state index is 12.2. The van der Waals surface area contributed by atoms with E-state index in [2.05, 4.69) is 15.5 Å². The van der Waals surface area contributed by atoms with Gasteiger partial charge in [-0.05, 0) is 49.9 Å². The van der Waals surface area contributed by atoms with Gasteiger partial charge in [0.05, 0.1) is 17.0 Å². The van der Waals surface area contributed by atoms with Crippen LogP contribution in [-0.4, -0.2) is 22.2 Å². The molecule has 0 bridgehead atoms. The largest absolute Gasteiger partial charge is 0.491 e. The van der Waals surface area contributed by atoms with Crippen LogP contribution in [0.15, 0.2) is 46.3 Å². The normalized spacial score (nSPS) is 12.1. The summed E-state index contributed by atoms with van der Waals surface area (Å²) in [6.07, 6.45) is 0.848. The molecule has 0 saturated carbocycles. The van der Waals surface area contributed by atoms with Crippen molar-refractivity contribution in [2.45, 2.75) is 45.8 Å². The molecule has 2 aromatic heterocycles. The summed E-state index contributed by atoms with van der Waals surface area (Å²) < 4.78 is 10.9. The number of nitrogens with zero attached hydrogens (tertiary/aromatic N) is 2. The maximum absolute atomic E-state index is 12.2. The van der Waals surface area contributed by atoms with Gasteiger partial charge in [0.25, 0.3) is 0 Å². The van der Waals surface area contributed by atoms with Crippen LogP contribution in [0, 0.1) is 0 Å². The van der Waals surface area contributed by atoms with Gasteiger partial charge in [0, 0.05) is 12.8 Å². The average molecular weight is 385 g/mol. The Balaban J connectivity index is 1.48. The highest BCUT2D eigenvalue weighted by atomic mass is 32.1. The molecule has 1 amide bonds. The molecule has 0 aliphatic carbocycles. The van der Waals surface area contributed by atoms with Crippen LogP contribution in [-0.2, 0) is 11.2 Å². The number of thiophene rings is 1. The van der Waals surface area contributed by atoms with Crippen molar-refractivity contribution in [3.63, 3.8) is 0 Å². The van der Waals surface area contributed by atoms with Gasteiger partial charge < -0.3 is 14.6 Å². The molecule has 1 aromatic carbocycles. The number of carbonyl (C=O) groups is 1. The SMILES string of the molecule is CC(C)Oc1ccc(C(C)NC(=O)CCc2nc(-c3cccs3)no2)cc1. The molecular formula is C20H23N3O3S. The highest BCUT2D eigenvalue weighted by molar-refractivity contribution is 7.13. The molecule has 1 N–H and O–H groups in total. The van der Waals surface area contributed by atoms with Crippen LogP contribution < -0.4 is 10.1 Å². The lowest BCUT2D eigenvalue weighted by Crippen LogP contribution is -2.26. The minimum atomic E-state index is -0.0880. The number of ether oxygens (including phenoxy) is 1. The molecule has 0 saturated heterocycles. The molecule has 6 nitrogen and oxygen atoms in total. The van der Waals surface area contributed by atoms with Crippen LogP contribution in [0.25, 0.3) is 10.7 Å². The Bertz CT molecular complexity index is 857. The van der Waals surface area contributed by atoms with E-state index in [9.17, 15) is 4.79 Å². The van der Waals surface area contributed by atoms with Crippen molar-refractivity contribution in [3.8, 4) is 16.5 Å². The number of rotatable bonds is 8. The molecule has 7 heteroatoms. The summed E-state index contributed by atoms with van der Waals surface area (Å²) in [7, 11) is 0. The number of carbonyl (C=O) groups excluding carboxylic acids is 1. The number of amides is 1. The third kappa shape index (κ3) is 5.40. The van der Waals surface area contributed by atoms with E-state index in [0.29, 0.717) is 24.6 Å². The molecule has 2 heterocycles. The first-order valence-corrected chi connectivity index (χ1v) is 9.81. The van der Waals surface area contributed by atoms with Gasteiger partial charge in [-0.1, -0.05) is 23.4 Å². The Morgan fingerprint density at radius 1 is 1.22 bits per heavy atom. The number of nitrogens with one attached hydrogen (secondary N) is 1. The molecule has 1 unspecified atom stereocenters. The van der Waals surface area contributed by atoms with Crippen molar-refractivity contribution in [2.75, 3.05) is 0 Å². The average Bonchev–Trinajstić information content (AvgIpc) is 3.31. The van der Waals surface area contributed by atoms with Crippen molar-refractivity contribution < 1.29 is 14.1 Å². The first-order valence-electron chi connectivity index (χ1n) is 8.93. The summed E-state index contributed by atoms with van der Waals surface area (Å²) in [5, 5.41) is 8.91. The van der Waals surface area contributed by atoms with E-state index >= 15 is 0 Å². The molecule has 3 rings (SSSR count). The number of aromatic nitrogens is 2. The monoisotopic (exact) mass is 385 g/mol. The quantitative estimate of drug-likeness (QED) is 0.622. The van der Waals surface area contributed by atoms with Gasteiger partial charge in [-0.25, -0.2) is 0 Å². The van der Waals surface area contributed by atoms with Crippen LogP contribution in [0.3, 0.4) is 0 Å². The van der Waals surface area contributed by atoms with E-state index in [-0.39, 0.29) is 18.1 Å². The maximum Gasteiger partial charge on any atom is 0.227 e. The van der Waals surface area contributed by atoms with E-state index in [1.54, 1.807) is 11.3 Å². The summed E-state index contributed by atoms with van der Waals surface area (Å²) in [4.78, 5) is 17.5.